The highest BCUT2D eigenvalue weighted by atomic mass is 16.4. The Morgan fingerprint density at radius 1 is 1.15 bits per heavy atom. The summed E-state index contributed by atoms with van der Waals surface area (Å²) in [7, 11) is 0. The Morgan fingerprint density at radius 2 is 1.93 bits per heavy atom. The van der Waals surface area contributed by atoms with Gasteiger partial charge in [-0.25, -0.2) is 0 Å². The van der Waals surface area contributed by atoms with Gasteiger partial charge < -0.3 is 15.0 Å². The van der Waals surface area contributed by atoms with Crippen LogP contribution in [0.2, 0.25) is 0 Å². The van der Waals surface area contributed by atoms with E-state index >= 15 is 0 Å². The number of aromatic nitrogens is 1. The van der Waals surface area contributed by atoms with Crippen LogP contribution in [0.1, 0.15) is 56.2 Å². The number of rotatable bonds is 6. The molecule has 0 aliphatic heterocycles. The van der Waals surface area contributed by atoms with E-state index in [2.05, 4.69) is 11.4 Å². The summed E-state index contributed by atoms with van der Waals surface area (Å²) in [5.74, 6) is 0.0909. The fourth-order valence-electron chi connectivity index (χ4n) is 4.97. The second-order valence-electron chi connectivity index (χ2n) is 8.12. The van der Waals surface area contributed by atoms with Gasteiger partial charge in [0.1, 0.15) is 6.54 Å². The predicted octanol–water partition coefficient (Wildman–Crippen LogP) is 3.67. The van der Waals surface area contributed by atoms with Gasteiger partial charge in [-0.3, -0.25) is 9.59 Å². The fraction of sp³-hybridized carbons (Fsp3) is 0.545. The van der Waals surface area contributed by atoms with Crippen molar-refractivity contribution >= 4 is 22.8 Å². The lowest BCUT2D eigenvalue weighted by molar-refractivity contribution is -0.137. The van der Waals surface area contributed by atoms with E-state index in [0.717, 1.165) is 48.2 Å². The van der Waals surface area contributed by atoms with Crippen molar-refractivity contribution in [2.24, 2.45) is 5.92 Å². The van der Waals surface area contributed by atoms with E-state index < -0.39 is 5.97 Å². The highest BCUT2D eigenvalue weighted by Crippen LogP contribution is 2.32. The number of carboxylic acid groups (broad SMARTS) is 1. The summed E-state index contributed by atoms with van der Waals surface area (Å²) in [6, 6.07) is 8.16. The van der Waals surface area contributed by atoms with Crippen LogP contribution >= 0.6 is 0 Å². The lowest BCUT2D eigenvalue weighted by atomic mass is 9.91. The lowest BCUT2D eigenvalue weighted by Crippen LogP contribution is -2.39. The topological polar surface area (TPSA) is 71.3 Å². The number of para-hydroxylation sites is 1. The molecule has 1 amide bonds. The molecule has 27 heavy (non-hydrogen) atoms. The smallest absolute Gasteiger partial charge is 0.323 e. The molecule has 2 aromatic rings. The highest BCUT2D eigenvalue weighted by Gasteiger charge is 2.27. The van der Waals surface area contributed by atoms with Crippen LogP contribution in [0.25, 0.3) is 10.9 Å². The summed E-state index contributed by atoms with van der Waals surface area (Å²) in [4.78, 5) is 23.7. The van der Waals surface area contributed by atoms with Gasteiger partial charge in [-0.15, -0.1) is 0 Å². The van der Waals surface area contributed by atoms with Crippen LogP contribution in [-0.4, -0.2) is 27.6 Å². The number of carboxylic acids is 1. The monoisotopic (exact) mass is 368 g/mol. The molecule has 4 rings (SSSR count). The number of nitrogens with one attached hydrogen (secondary N) is 1. The van der Waals surface area contributed by atoms with Crippen molar-refractivity contribution in [2.75, 3.05) is 0 Å². The summed E-state index contributed by atoms with van der Waals surface area (Å²) < 4.78 is 1.94. The first-order chi connectivity index (χ1) is 13.1. The van der Waals surface area contributed by atoms with Gasteiger partial charge in [0.15, 0.2) is 0 Å². The van der Waals surface area contributed by atoms with Crippen LogP contribution in [0.15, 0.2) is 24.3 Å². The number of aliphatic carboxylic acids is 1. The molecule has 5 nitrogen and oxygen atoms in total. The Hall–Kier alpha value is -2.30. The van der Waals surface area contributed by atoms with Gasteiger partial charge in [-0.1, -0.05) is 43.9 Å². The number of benzene rings is 1. The number of amides is 1. The normalized spacial score (nSPS) is 19.9. The van der Waals surface area contributed by atoms with E-state index in [9.17, 15) is 14.7 Å². The van der Waals surface area contributed by atoms with E-state index in [1.165, 1.54) is 31.2 Å². The van der Waals surface area contributed by atoms with Crippen LogP contribution in [0, 0.1) is 5.92 Å². The molecule has 0 unspecified atom stereocenters. The van der Waals surface area contributed by atoms with Gasteiger partial charge in [0.2, 0.25) is 5.91 Å². The Balaban J connectivity index is 1.46. The number of carbonyl (C=O) groups is 2. The van der Waals surface area contributed by atoms with Gasteiger partial charge >= 0.3 is 5.97 Å². The predicted molar refractivity (Wildman–Crippen MR) is 105 cm³/mol. The third-order valence-electron chi connectivity index (χ3n) is 6.29. The molecule has 1 aromatic carbocycles. The molecule has 1 heterocycles. The first-order valence-corrected chi connectivity index (χ1v) is 10.2. The van der Waals surface area contributed by atoms with Crippen molar-refractivity contribution < 1.29 is 14.7 Å². The fourth-order valence-corrected chi connectivity index (χ4v) is 4.97. The lowest BCUT2D eigenvalue weighted by Gasteiger charge is -2.25. The number of nitrogens with zero attached hydrogens (tertiary/aromatic N) is 1. The van der Waals surface area contributed by atoms with E-state index in [1.807, 2.05) is 22.8 Å². The van der Waals surface area contributed by atoms with Gasteiger partial charge in [-0.2, -0.15) is 0 Å². The molecule has 144 valence electrons. The average molecular weight is 368 g/mol. The molecule has 0 radical (unpaired) electrons. The summed E-state index contributed by atoms with van der Waals surface area (Å²) >= 11 is 0. The van der Waals surface area contributed by atoms with Crippen LogP contribution in [0.3, 0.4) is 0 Å². The molecule has 1 atom stereocenters. The molecule has 2 aliphatic carbocycles. The number of hydrogen-bond acceptors (Lipinski definition) is 2. The third-order valence-corrected chi connectivity index (χ3v) is 6.29. The van der Waals surface area contributed by atoms with Crippen LogP contribution in [0.5, 0.6) is 0 Å². The van der Waals surface area contributed by atoms with Crippen molar-refractivity contribution in [3.63, 3.8) is 0 Å². The summed E-state index contributed by atoms with van der Waals surface area (Å²) in [6.45, 7) is -0.00569. The Morgan fingerprint density at radius 3 is 2.70 bits per heavy atom. The Bertz CT molecular complexity index is 849. The minimum atomic E-state index is -0.819. The quantitative estimate of drug-likeness (QED) is 0.817. The molecule has 5 heteroatoms. The highest BCUT2D eigenvalue weighted by molar-refractivity contribution is 5.87. The standard InChI is InChI=1S/C22H28N2O3/c25-21(12-9-15-5-1-2-6-15)23-16-10-11-20-18(13-16)17-7-3-4-8-19(17)24(20)14-22(26)27/h3-4,7-8,15-16H,1-2,5-6,9-14H2,(H,23,25)(H,26,27)/t16-/m1/s1. The molecular formula is C22H28N2O3. The first kappa shape index (κ1) is 18.1. The van der Waals surface area contributed by atoms with Crippen LogP contribution < -0.4 is 5.32 Å². The van der Waals surface area contributed by atoms with E-state index in [0.29, 0.717) is 6.42 Å². The van der Waals surface area contributed by atoms with Crippen molar-refractivity contribution in [1.29, 1.82) is 0 Å². The minimum absolute atomic E-state index is 0.00569. The molecule has 2 aliphatic rings. The first-order valence-electron chi connectivity index (χ1n) is 10.2. The summed E-state index contributed by atoms with van der Waals surface area (Å²) in [6.07, 6.45) is 9.32. The second-order valence-corrected chi connectivity index (χ2v) is 8.12. The molecule has 1 fully saturated rings. The third kappa shape index (κ3) is 3.87. The molecule has 0 saturated heterocycles. The van der Waals surface area contributed by atoms with Gasteiger partial charge in [0, 0.05) is 29.1 Å². The van der Waals surface area contributed by atoms with Crippen molar-refractivity contribution in [3.8, 4) is 0 Å². The van der Waals surface area contributed by atoms with Crippen molar-refractivity contribution in [2.45, 2.75) is 70.4 Å². The van der Waals surface area contributed by atoms with Gasteiger partial charge in [0.05, 0.1) is 0 Å². The maximum atomic E-state index is 12.4. The zero-order valence-electron chi connectivity index (χ0n) is 15.7. The summed E-state index contributed by atoms with van der Waals surface area (Å²) in [5.41, 5.74) is 3.31. The largest absolute Gasteiger partial charge is 0.480 e. The maximum absolute atomic E-state index is 12.4. The Labute approximate surface area is 159 Å². The minimum Gasteiger partial charge on any atom is -0.480 e. The molecule has 0 bridgehead atoms. The molecule has 2 N–H and O–H groups in total. The maximum Gasteiger partial charge on any atom is 0.323 e. The SMILES string of the molecule is O=C(O)Cn1c2c(c3ccccc31)C[C@H](NC(=O)CCC1CCCC1)CC2. The van der Waals surface area contributed by atoms with Crippen molar-refractivity contribution in [3.05, 3.63) is 35.5 Å². The summed E-state index contributed by atoms with van der Waals surface area (Å²) in [5, 5.41) is 13.6. The molecule has 1 aromatic heterocycles. The zero-order valence-corrected chi connectivity index (χ0v) is 15.7. The molecule has 0 spiro atoms. The second kappa shape index (κ2) is 7.75. The molecule has 1 saturated carbocycles. The van der Waals surface area contributed by atoms with Crippen LogP contribution in [-0.2, 0) is 29.0 Å². The number of hydrogen-bond donors (Lipinski definition) is 2. The zero-order chi connectivity index (χ0) is 18.8. The Kier molecular flexibility index (Phi) is 5.19. The van der Waals surface area contributed by atoms with Gasteiger partial charge in [0.25, 0.3) is 0 Å². The molecular weight excluding hydrogens is 340 g/mol. The van der Waals surface area contributed by atoms with E-state index in [1.54, 1.807) is 0 Å². The van der Waals surface area contributed by atoms with E-state index in [-0.39, 0.29) is 18.5 Å². The van der Waals surface area contributed by atoms with Gasteiger partial charge in [-0.05, 0) is 43.2 Å². The van der Waals surface area contributed by atoms with E-state index in [4.69, 9.17) is 0 Å². The van der Waals surface area contributed by atoms with Crippen molar-refractivity contribution in [1.82, 2.24) is 9.88 Å². The average Bonchev–Trinajstić information content (AvgIpc) is 3.27. The number of carbonyl (C=O) groups excluding carboxylic acids is 1. The van der Waals surface area contributed by atoms with Crippen LogP contribution in [0.4, 0.5) is 0 Å². The number of fused-ring (bicyclic) bond motifs is 3.